The molecule has 0 fully saturated rings. The first-order valence-corrected chi connectivity index (χ1v) is 10.9. The largest absolute Gasteiger partial charge is 0.290 e. The predicted octanol–water partition coefficient (Wildman–Crippen LogP) is 4.70. The standard InChI is InChI=1S/C20H25NSi/c1-17(2)21-15-19(18-11-7-5-8-12-18)16-22(3,4)20-13-9-6-10-14-20/h5-17H,1-4H3/b19-16-,21-15?. The fourth-order valence-corrected chi connectivity index (χ4v) is 4.63. The summed E-state index contributed by atoms with van der Waals surface area (Å²) in [5.41, 5.74) is 4.92. The Morgan fingerprint density at radius 2 is 1.45 bits per heavy atom. The van der Waals surface area contributed by atoms with E-state index in [-0.39, 0.29) is 0 Å². The Balaban J connectivity index is 2.44. The summed E-state index contributed by atoms with van der Waals surface area (Å²) in [6.07, 6.45) is 2.04. The summed E-state index contributed by atoms with van der Waals surface area (Å²) in [6, 6.07) is 21.7. The highest BCUT2D eigenvalue weighted by molar-refractivity contribution is 6.94. The molecule has 2 aromatic carbocycles. The molecule has 2 heteroatoms. The molecule has 2 aromatic rings. The molecule has 0 unspecified atom stereocenters. The van der Waals surface area contributed by atoms with Crippen molar-refractivity contribution in [1.29, 1.82) is 0 Å². The smallest absolute Gasteiger partial charge is 0.104 e. The topological polar surface area (TPSA) is 12.4 Å². The highest BCUT2D eigenvalue weighted by atomic mass is 28.3. The van der Waals surface area contributed by atoms with Gasteiger partial charge in [0.1, 0.15) is 8.07 Å². The molecule has 0 heterocycles. The SMILES string of the molecule is CC(C)N=C/C(=C/[Si](C)(C)c1ccccc1)c1ccccc1. The van der Waals surface area contributed by atoms with E-state index in [1.807, 2.05) is 6.21 Å². The van der Waals surface area contributed by atoms with Gasteiger partial charge in [0.2, 0.25) is 0 Å². The number of hydrogen-bond acceptors (Lipinski definition) is 1. The molecule has 0 atom stereocenters. The molecular weight excluding hydrogens is 282 g/mol. The maximum absolute atomic E-state index is 4.61. The molecule has 0 saturated heterocycles. The highest BCUT2D eigenvalue weighted by Crippen LogP contribution is 2.17. The molecule has 0 N–H and O–H groups in total. The van der Waals surface area contributed by atoms with Gasteiger partial charge in [0.25, 0.3) is 0 Å². The third-order valence-corrected chi connectivity index (χ3v) is 6.51. The van der Waals surface area contributed by atoms with Gasteiger partial charge in [0.15, 0.2) is 0 Å². The third-order valence-electron chi connectivity index (χ3n) is 3.65. The monoisotopic (exact) mass is 307 g/mol. The van der Waals surface area contributed by atoms with Gasteiger partial charge in [-0.15, -0.1) is 0 Å². The van der Waals surface area contributed by atoms with Gasteiger partial charge in [-0.1, -0.05) is 84.6 Å². The Kier molecular flexibility index (Phi) is 5.50. The minimum absolute atomic E-state index is 0.314. The van der Waals surface area contributed by atoms with Crippen LogP contribution in [0.2, 0.25) is 13.1 Å². The average molecular weight is 308 g/mol. The van der Waals surface area contributed by atoms with Gasteiger partial charge in [0, 0.05) is 12.3 Å². The summed E-state index contributed by atoms with van der Waals surface area (Å²) in [7, 11) is -1.65. The second-order valence-corrected chi connectivity index (χ2v) is 10.7. The van der Waals surface area contributed by atoms with Crippen molar-refractivity contribution in [1.82, 2.24) is 0 Å². The zero-order valence-corrected chi connectivity index (χ0v) is 15.0. The van der Waals surface area contributed by atoms with Crippen LogP contribution in [0, 0.1) is 0 Å². The van der Waals surface area contributed by atoms with E-state index in [9.17, 15) is 0 Å². The summed E-state index contributed by atoms with van der Waals surface area (Å²) in [4.78, 5) is 4.61. The van der Waals surface area contributed by atoms with E-state index in [4.69, 9.17) is 0 Å². The van der Waals surface area contributed by atoms with Crippen molar-refractivity contribution < 1.29 is 0 Å². The Bertz CT molecular complexity index is 640. The van der Waals surface area contributed by atoms with E-state index >= 15 is 0 Å². The summed E-state index contributed by atoms with van der Waals surface area (Å²) in [5, 5.41) is 1.45. The lowest BCUT2D eigenvalue weighted by molar-refractivity contribution is 0.842. The van der Waals surface area contributed by atoms with E-state index in [2.05, 4.69) is 98.3 Å². The Hall–Kier alpha value is -1.93. The minimum Gasteiger partial charge on any atom is -0.290 e. The minimum atomic E-state index is -1.65. The third kappa shape index (κ3) is 4.53. The molecule has 0 aromatic heterocycles. The number of allylic oxidation sites excluding steroid dienone is 1. The van der Waals surface area contributed by atoms with Crippen LogP contribution in [-0.4, -0.2) is 20.3 Å². The van der Waals surface area contributed by atoms with Crippen molar-refractivity contribution in [2.45, 2.75) is 33.0 Å². The first-order valence-electron chi connectivity index (χ1n) is 7.86. The predicted molar refractivity (Wildman–Crippen MR) is 102 cm³/mol. The van der Waals surface area contributed by atoms with Crippen molar-refractivity contribution in [3.8, 4) is 0 Å². The molecule has 0 bridgehead atoms. The van der Waals surface area contributed by atoms with Crippen molar-refractivity contribution in [2.24, 2.45) is 4.99 Å². The first kappa shape index (κ1) is 16.4. The maximum atomic E-state index is 4.61. The molecule has 0 saturated carbocycles. The highest BCUT2D eigenvalue weighted by Gasteiger charge is 2.21. The Morgan fingerprint density at radius 1 is 0.909 bits per heavy atom. The van der Waals surface area contributed by atoms with Crippen LogP contribution in [0.25, 0.3) is 5.57 Å². The molecule has 114 valence electrons. The van der Waals surface area contributed by atoms with E-state index < -0.39 is 8.07 Å². The summed E-state index contributed by atoms with van der Waals surface area (Å²) in [5.74, 6) is 0. The molecule has 0 aliphatic rings. The van der Waals surface area contributed by atoms with Gasteiger partial charge in [-0.3, -0.25) is 4.99 Å². The summed E-state index contributed by atoms with van der Waals surface area (Å²) in [6.45, 7) is 8.99. The zero-order chi connectivity index (χ0) is 16.0. The van der Waals surface area contributed by atoms with E-state index in [1.165, 1.54) is 16.3 Å². The Labute approximate surface area is 135 Å². The fourth-order valence-electron chi connectivity index (χ4n) is 2.39. The van der Waals surface area contributed by atoms with Crippen LogP contribution < -0.4 is 5.19 Å². The number of benzene rings is 2. The normalized spacial score (nSPS) is 13.0. The van der Waals surface area contributed by atoms with Crippen molar-refractivity contribution in [2.75, 3.05) is 0 Å². The van der Waals surface area contributed by atoms with E-state index in [0.717, 1.165) is 0 Å². The van der Waals surface area contributed by atoms with Crippen molar-refractivity contribution in [3.05, 3.63) is 71.9 Å². The molecule has 0 aliphatic carbocycles. The molecule has 0 radical (unpaired) electrons. The van der Waals surface area contributed by atoms with E-state index in [1.54, 1.807) is 0 Å². The zero-order valence-electron chi connectivity index (χ0n) is 14.0. The van der Waals surface area contributed by atoms with Crippen LogP contribution in [0.4, 0.5) is 0 Å². The van der Waals surface area contributed by atoms with Crippen molar-refractivity contribution in [3.63, 3.8) is 0 Å². The van der Waals surface area contributed by atoms with Crippen LogP contribution in [0.5, 0.6) is 0 Å². The maximum Gasteiger partial charge on any atom is 0.104 e. The van der Waals surface area contributed by atoms with Gasteiger partial charge in [-0.25, -0.2) is 0 Å². The fraction of sp³-hybridized carbons (Fsp3) is 0.250. The van der Waals surface area contributed by atoms with Gasteiger partial charge in [-0.2, -0.15) is 0 Å². The lowest BCUT2D eigenvalue weighted by Gasteiger charge is -2.20. The van der Waals surface area contributed by atoms with Gasteiger partial charge in [0.05, 0.1) is 0 Å². The van der Waals surface area contributed by atoms with Crippen LogP contribution >= 0.6 is 0 Å². The number of nitrogens with zero attached hydrogens (tertiary/aromatic N) is 1. The first-order chi connectivity index (χ1) is 10.5. The van der Waals surface area contributed by atoms with Crippen LogP contribution in [-0.2, 0) is 0 Å². The number of rotatable bonds is 5. The average Bonchev–Trinajstić information content (AvgIpc) is 2.53. The lowest BCUT2D eigenvalue weighted by atomic mass is 10.1. The number of aliphatic imine (C=N–C) groups is 1. The summed E-state index contributed by atoms with van der Waals surface area (Å²) >= 11 is 0. The molecule has 1 nitrogen and oxygen atoms in total. The lowest BCUT2D eigenvalue weighted by Crippen LogP contribution is -2.39. The molecule has 2 rings (SSSR count). The molecule has 22 heavy (non-hydrogen) atoms. The summed E-state index contributed by atoms with van der Waals surface area (Å²) < 4.78 is 0. The van der Waals surface area contributed by atoms with Crippen LogP contribution in [0.1, 0.15) is 19.4 Å². The van der Waals surface area contributed by atoms with Gasteiger partial charge < -0.3 is 0 Å². The quantitative estimate of drug-likeness (QED) is 0.560. The van der Waals surface area contributed by atoms with Gasteiger partial charge >= 0.3 is 0 Å². The number of hydrogen-bond donors (Lipinski definition) is 0. The van der Waals surface area contributed by atoms with Crippen molar-refractivity contribution >= 4 is 25.0 Å². The van der Waals surface area contributed by atoms with Crippen LogP contribution in [0.15, 0.2) is 71.4 Å². The van der Waals surface area contributed by atoms with E-state index in [0.29, 0.717) is 6.04 Å². The molecule has 0 amide bonds. The molecule has 0 spiro atoms. The second kappa shape index (κ2) is 7.37. The Morgan fingerprint density at radius 3 is 2.00 bits per heavy atom. The van der Waals surface area contributed by atoms with Crippen LogP contribution in [0.3, 0.4) is 0 Å². The molecule has 0 aliphatic heterocycles. The molecular formula is C20H25NSi. The second-order valence-electron chi connectivity index (χ2n) is 6.43. The van der Waals surface area contributed by atoms with Gasteiger partial charge in [-0.05, 0) is 25.0 Å².